The Bertz CT molecular complexity index is 434. The highest BCUT2D eigenvalue weighted by Gasteiger charge is 2.12. The van der Waals surface area contributed by atoms with Crippen molar-refractivity contribution in [3.63, 3.8) is 0 Å². The molecular formula is C9H9ClN2O4. The molecule has 0 aromatic carbocycles. The van der Waals surface area contributed by atoms with Gasteiger partial charge in [-0.3, -0.25) is 0 Å². The second kappa shape index (κ2) is 5.32. The highest BCUT2D eigenvalue weighted by molar-refractivity contribution is 6.31. The molecule has 1 aromatic heterocycles. The molecule has 0 spiro atoms. The Balaban J connectivity index is 2.97. The van der Waals surface area contributed by atoms with Crippen LogP contribution >= 0.6 is 11.6 Å². The van der Waals surface area contributed by atoms with Gasteiger partial charge in [0.1, 0.15) is 0 Å². The summed E-state index contributed by atoms with van der Waals surface area (Å²) >= 11 is 5.70. The molecule has 0 saturated heterocycles. The first kappa shape index (κ1) is 12.3. The molecule has 0 fully saturated rings. The van der Waals surface area contributed by atoms with Gasteiger partial charge in [-0.2, -0.15) is 0 Å². The number of carbonyl (C=O) groups excluding carboxylic acids is 1. The monoisotopic (exact) mass is 244 g/mol. The molecule has 6 nitrogen and oxygen atoms in total. The number of rotatable bonds is 3. The summed E-state index contributed by atoms with van der Waals surface area (Å²) in [4.78, 5) is 11.3. The van der Waals surface area contributed by atoms with E-state index in [4.69, 9.17) is 11.6 Å². The van der Waals surface area contributed by atoms with Gasteiger partial charge in [0.05, 0.1) is 11.6 Å². The van der Waals surface area contributed by atoms with E-state index in [0.29, 0.717) is 0 Å². The van der Waals surface area contributed by atoms with Crippen LogP contribution < -0.4 is 4.85 Å². The molecule has 1 heterocycles. The summed E-state index contributed by atoms with van der Waals surface area (Å²) < 4.78 is 4.53. The Morgan fingerprint density at radius 1 is 1.81 bits per heavy atom. The average molecular weight is 245 g/mol. The minimum Gasteiger partial charge on any atom is -0.594 e. The molecular weight excluding hydrogens is 236 g/mol. The van der Waals surface area contributed by atoms with E-state index < -0.39 is 11.7 Å². The van der Waals surface area contributed by atoms with Crippen LogP contribution in [0.5, 0.6) is 0 Å². The van der Waals surface area contributed by atoms with Crippen molar-refractivity contribution < 1.29 is 19.5 Å². The zero-order valence-electron chi connectivity index (χ0n) is 8.38. The number of halogens is 1. The van der Waals surface area contributed by atoms with Crippen molar-refractivity contribution in [2.45, 2.75) is 6.92 Å². The second-order valence-corrected chi connectivity index (χ2v) is 3.11. The standard InChI is InChI=1S/C9H9ClN2O4/c1-2-16-9(14)8(13)5-7-6(10)3-4-12(15)11-7/h3-5,13H,2H2,1H3. The van der Waals surface area contributed by atoms with Crippen LogP contribution in [0.1, 0.15) is 12.6 Å². The maximum atomic E-state index is 11.0. The van der Waals surface area contributed by atoms with Crippen LogP contribution in [0.3, 0.4) is 0 Å². The molecule has 0 aliphatic heterocycles. The molecule has 0 aliphatic carbocycles. The Kier molecular flexibility index (Phi) is 4.07. The summed E-state index contributed by atoms with van der Waals surface area (Å²) in [5.74, 6) is -1.57. The van der Waals surface area contributed by atoms with E-state index in [2.05, 4.69) is 9.84 Å². The van der Waals surface area contributed by atoms with Crippen molar-refractivity contribution in [1.82, 2.24) is 5.10 Å². The number of aliphatic hydroxyl groups is 1. The van der Waals surface area contributed by atoms with Crippen molar-refractivity contribution in [3.05, 3.63) is 33.9 Å². The summed E-state index contributed by atoms with van der Waals surface area (Å²) in [6.45, 7) is 1.73. The van der Waals surface area contributed by atoms with E-state index in [1.807, 2.05) is 0 Å². The SMILES string of the molecule is CCOC(=O)C(O)=Cc1n[n+]([O-])ccc1Cl. The van der Waals surface area contributed by atoms with E-state index in [9.17, 15) is 15.1 Å². The van der Waals surface area contributed by atoms with Crippen LogP contribution in [0.2, 0.25) is 5.02 Å². The maximum absolute atomic E-state index is 11.0. The average Bonchev–Trinajstić information content (AvgIpc) is 2.23. The van der Waals surface area contributed by atoms with Gasteiger partial charge in [-0.05, 0) is 6.92 Å². The zero-order valence-corrected chi connectivity index (χ0v) is 9.14. The van der Waals surface area contributed by atoms with E-state index in [0.717, 1.165) is 12.3 Å². The third-order valence-corrected chi connectivity index (χ3v) is 1.88. The van der Waals surface area contributed by atoms with Crippen molar-refractivity contribution in [2.75, 3.05) is 6.61 Å². The smallest absolute Gasteiger partial charge is 0.373 e. The van der Waals surface area contributed by atoms with Gasteiger partial charge >= 0.3 is 5.97 Å². The minimum absolute atomic E-state index is 0.00952. The third kappa shape index (κ3) is 3.09. The van der Waals surface area contributed by atoms with Crippen LogP contribution in [-0.2, 0) is 9.53 Å². The topological polar surface area (TPSA) is 86.4 Å². The first-order chi connectivity index (χ1) is 7.54. The van der Waals surface area contributed by atoms with E-state index in [1.54, 1.807) is 6.92 Å². The van der Waals surface area contributed by atoms with Gasteiger partial charge in [0.2, 0.25) is 12.0 Å². The summed E-state index contributed by atoms with van der Waals surface area (Å²) in [5, 5.41) is 23.7. The first-order valence-electron chi connectivity index (χ1n) is 4.38. The highest BCUT2D eigenvalue weighted by atomic mass is 35.5. The molecule has 1 aromatic rings. The third-order valence-electron chi connectivity index (χ3n) is 1.56. The van der Waals surface area contributed by atoms with Crippen molar-refractivity contribution in [2.24, 2.45) is 0 Å². The first-order valence-corrected chi connectivity index (χ1v) is 4.76. The Hall–Kier alpha value is -1.82. The molecule has 1 rings (SSSR count). The molecule has 0 radical (unpaired) electrons. The summed E-state index contributed by atoms with van der Waals surface area (Å²) in [6.07, 6.45) is 2.07. The molecule has 1 N–H and O–H groups in total. The number of aliphatic hydroxyl groups excluding tert-OH is 1. The lowest BCUT2D eigenvalue weighted by atomic mass is 10.3. The van der Waals surface area contributed by atoms with Crippen LogP contribution in [0, 0.1) is 5.21 Å². The molecule has 0 aliphatic rings. The Morgan fingerprint density at radius 3 is 3.12 bits per heavy atom. The van der Waals surface area contributed by atoms with Crippen molar-refractivity contribution in [1.29, 1.82) is 0 Å². The van der Waals surface area contributed by atoms with Gasteiger partial charge in [0, 0.05) is 17.2 Å². The zero-order chi connectivity index (χ0) is 12.1. The fourth-order valence-corrected chi connectivity index (χ4v) is 1.04. The largest absolute Gasteiger partial charge is 0.594 e. The van der Waals surface area contributed by atoms with Gasteiger partial charge in [-0.15, -0.1) is 0 Å². The normalized spacial score (nSPS) is 11.2. The maximum Gasteiger partial charge on any atom is 0.373 e. The van der Waals surface area contributed by atoms with E-state index >= 15 is 0 Å². The highest BCUT2D eigenvalue weighted by Crippen LogP contribution is 2.13. The molecule has 0 atom stereocenters. The van der Waals surface area contributed by atoms with Crippen LogP contribution in [0.4, 0.5) is 0 Å². The van der Waals surface area contributed by atoms with Crippen LogP contribution in [0.15, 0.2) is 18.0 Å². The molecule has 0 bridgehead atoms. The molecule has 0 unspecified atom stereocenters. The number of esters is 1. The summed E-state index contributed by atoms with van der Waals surface area (Å²) in [6, 6.07) is 1.30. The number of ether oxygens (including phenoxy) is 1. The number of hydrogen-bond acceptors (Lipinski definition) is 5. The number of aromatic nitrogens is 2. The van der Waals surface area contributed by atoms with Crippen LogP contribution in [-0.4, -0.2) is 22.8 Å². The lowest BCUT2D eigenvalue weighted by molar-refractivity contribution is -0.669. The van der Waals surface area contributed by atoms with Gasteiger partial charge in [-0.1, -0.05) is 16.4 Å². The summed E-state index contributed by atoms with van der Waals surface area (Å²) in [7, 11) is 0. The van der Waals surface area contributed by atoms with E-state index in [-0.39, 0.29) is 22.2 Å². The van der Waals surface area contributed by atoms with Crippen molar-refractivity contribution in [3.8, 4) is 0 Å². The second-order valence-electron chi connectivity index (χ2n) is 2.70. The fourth-order valence-electron chi connectivity index (χ4n) is 0.893. The van der Waals surface area contributed by atoms with Gasteiger partial charge in [0.25, 0.3) is 0 Å². The number of hydrogen-bond donors (Lipinski definition) is 1. The molecule has 0 amide bonds. The van der Waals surface area contributed by atoms with Gasteiger partial charge in [0.15, 0.2) is 5.69 Å². The predicted molar refractivity (Wildman–Crippen MR) is 55.4 cm³/mol. The number of nitrogens with zero attached hydrogens (tertiary/aromatic N) is 2. The van der Waals surface area contributed by atoms with E-state index in [1.165, 1.54) is 6.07 Å². The lowest BCUT2D eigenvalue weighted by Gasteiger charge is -2.00. The van der Waals surface area contributed by atoms with Gasteiger partial charge < -0.3 is 15.1 Å². The molecule has 86 valence electrons. The van der Waals surface area contributed by atoms with Crippen molar-refractivity contribution >= 4 is 23.6 Å². The van der Waals surface area contributed by atoms with Gasteiger partial charge in [-0.25, -0.2) is 4.79 Å². The Morgan fingerprint density at radius 2 is 2.50 bits per heavy atom. The molecule has 0 saturated carbocycles. The lowest BCUT2D eigenvalue weighted by Crippen LogP contribution is -2.30. The van der Waals surface area contributed by atoms with Crippen LogP contribution in [0.25, 0.3) is 6.08 Å². The Labute approximate surface area is 96.3 Å². The predicted octanol–water partition coefficient (Wildman–Crippen LogP) is 0.830. The number of carbonyl (C=O) groups is 1. The summed E-state index contributed by atoms with van der Waals surface area (Å²) in [5.41, 5.74) is -0.00952. The quantitative estimate of drug-likeness (QED) is 0.280. The minimum atomic E-state index is -0.901. The fraction of sp³-hybridized carbons (Fsp3) is 0.222. The molecule has 7 heteroatoms. The molecule has 16 heavy (non-hydrogen) atoms.